The lowest BCUT2D eigenvalue weighted by molar-refractivity contribution is 0.0951. The zero-order valence-electron chi connectivity index (χ0n) is 9.18. The summed E-state index contributed by atoms with van der Waals surface area (Å²) in [4.78, 5) is 11.7. The fraction of sp³-hybridized carbons (Fsp3) is 0.154. The summed E-state index contributed by atoms with van der Waals surface area (Å²) >= 11 is 0. The Kier molecular flexibility index (Phi) is 3.05. The molecule has 1 amide bonds. The number of carbonyl (C=O) groups is 1. The third-order valence-corrected chi connectivity index (χ3v) is 2.39. The second kappa shape index (κ2) is 4.66. The first-order chi connectivity index (χ1) is 7.75. The molecule has 1 aromatic carbocycles. The summed E-state index contributed by atoms with van der Waals surface area (Å²) in [6.45, 7) is 0.564. The fourth-order valence-corrected chi connectivity index (χ4v) is 1.52. The van der Waals surface area contributed by atoms with Gasteiger partial charge in [0.05, 0.1) is 5.56 Å². The van der Waals surface area contributed by atoms with E-state index in [1.54, 1.807) is 12.3 Å². The SMILES string of the molecule is Cn1ccc(C(=O)NCc2ccccc2)c1. The minimum atomic E-state index is -0.0375. The van der Waals surface area contributed by atoms with E-state index in [9.17, 15) is 4.79 Å². The van der Waals surface area contributed by atoms with Crippen LogP contribution in [0.2, 0.25) is 0 Å². The minimum Gasteiger partial charge on any atom is -0.356 e. The average molecular weight is 214 g/mol. The monoisotopic (exact) mass is 214 g/mol. The van der Waals surface area contributed by atoms with Crippen molar-refractivity contribution in [2.75, 3.05) is 0 Å². The van der Waals surface area contributed by atoms with Gasteiger partial charge in [-0.1, -0.05) is 30.3 Å². The molecule has 0 atom stereocenters. The Balaban J connectivity index is 1.94. The maximum absolute atomic E-state index is 11.7. The third-order valence-electron chi connectivity index (χ3n) is 2.39. The van der Waals surface area contributed by atoms with Gasteiger partial charge in [0.15, 0.2) is 0 Å². The summed E-state index contributed by atoms with van der Waals surface area (Å²) in [5.41, 5.74) is 1.80. The van der Waals surface area contributed by atoms with Crippen LogP contribution in [0.5, 0.6) is 0 Å². The Morgan fingerprint density at radius 3 is 2.62 bits per heavy atom. The van der Waals surface area contributed by atoms with Crippen LogP contribution in [0.4, 0.5) is 0 Å². The molecule has 0 aliphatic rings. The van der Waals surface area contributed by atoms with Crippen LogP contribution in [0.3, 0.4) is 0 Å². The molecule has 0 spiro atoms. The molecule has 0 fully saturated rings. The second-order valence-electron chi connectivity index (χ2n) is 3.73. The van der Waals surface area contributed by atoms with Crippen LogP contribution in [0, 0.1) is 0 Å². The molecule has 2 rings (SSSR count). The van der Waals surface area contributed by atoms with E-state index in [0.717, 1.165) is 5.56 Å². The highest BCUT2D eigenvalue weighted by atomic mass is 16.1. The Morgan fingerprint density at radius 2 is 2.00 bits per heavy atom. The Labute approximate surface area is 94.7 Å². The highest BCUT2D eigenvalue weighted by Gasteiger charge is 2.05. The summed E-state index contributed by atoms with van der Waals surface area (Å²) in [5.74, 6) is -0.0375. The van der Waals surface area contributed by atoms with Crippen LogP contribution in [0.15, 0.2) is 48.8 Å². The molecule has 1 N–H and O–H groups in total. The number of nitrogens with zero attached hydrogens (tertiary/aromatic N) is 1. The molecule has 0 unspecified atom stereocenters. The molecule has 16 heavy (non-hydrogen) atoms. The number of aromatic nitrogens is 1. The second-order valence-corrected chi connectivity index (χ2v) is 3.73. The normalized spacial score (nSPS) is 10.1. The van der Waals surface area contributed by atoms with Crippen LogP contribution in [-0.2, 0) is 13.6 Å². The van der Waals surface area contributed by atoms with Gasteiger partial charge in [0, 0.05) is 26.0 Å². The van der Waals surface area contributed by atoms with Gasteiger partial charge in [-0.2, -0.15) is 0 Å². The number of rotatable bonds is 3. The Bertz CT molecular complexity index is 474. The number of carbonyl (C=O) groups excluding carboxylic acids is 1. The molecule has 3 nitrogen and oxygen atoms in total. The Morgan fingerprint density at radius 1 is 1.25 bits per heavy atom. The van der Waals surface area contributed by atoms with Gasteiger partial charge in [-0.15, -0.1) is 0 Å². The molecular weight excluding hydrogens is 200 g/mol. The highest BCUT2D eigenvalue weighted by Crippen LogP contribution is 2.01. The number of benzene rings is 1. The molecule has 82 valence electrons. The smallest absolute Gasteiger partial charge is 0.253 e. The molecule has 1 aromatic heterocycles. The van der Waals surface area contributed by atoms with Crippen molar-refractivity contribution in [2.45, 2.75) is 6.54 Å². The molecule has 1 heterocycles. The van der Waals surface area contributed by atoms with Gasteiger partial charge in [0.25, 0.3) is 5.91 Å². The first-order valence-electron chi connectivity index (χ1n) is 5.20. The van der Waals surface area contributed by atoms with Gasteiger partial charge < -0.3 is 9.88 Å². The van der Waals surface area contributed by atoms with Gasteiger partial charge in [-0.05, 0) is 11.6 Å². The predicted molar refractivity (Wildman–Crippen MR) is 63.0 cm³/mol. The van der Waals surface area contributed by atoms with E-state index in [1.807, 2.05) is 48.1 Å². The van der Waals surface area contributed by atoms with Gasteiger partial charge in [0.1, 0.15) is 0 Å². The van der Waals surface area contributed by atoms with Crippen LogP contribution < -0.4 is 5.32 Å². The highest BCUT2D eigenvalue weighted by molar-refractivity contribution is 5.93. The molecule has 0 aliphatic carbocycles. The number of amides is 1. The van der Waals surface area contributed by atoms with Crippen LogP contribution in [-0.4, -0.2) is 10.5 Å². The van der Waals surface area contributed by atoms with E-state index >= 15 is 0 Å². The van der Waals surface area contributed by atoms with Gasteiger partial charge in [-0.25, -0.2) is 0 Å². The Hall–Kier alpha value is -2.03. The summed E-state index contributed by atoms with van der Waals surface area (Å²) in [5, 5.41) is 2.88. The van der Waals surface area contributed by atoms with Crippen molar-refractivity contribution in [3.8, 4) is 0 Å². The summed E-state index contributed by atoms with van der Waals surface area (Å²) < 4.78 is 1.86. The van der Waals surface area contributed by atoms with E-state index in [2.05, 4.69) is 5.32 Å². The number of nitrogens with one attached hydrogen (secondary N) is 1. The molecule has 0 aliphatic heterocycles. The van der Waals surface area contributed by atoms with Gasteiger partial charge >= 0.3 is 0 Å². The van der Waals surface area contributed by atoms with Crippen molar-refractivity contribution in [3.05, 3.63) is 59.9 Å². The lowest BCUT2D eigenvalue weighted by Gasteiger charge is -2.03. The number of aryl methyl sites for hydroxylation is 1. The molecule has 0 saturated carbocycles. The standard InChI is InChI=1S/C13H14N2O/c1-15-8-7-12(10-15)13(16)14-9-11-5-3-2-4-6-11/h2-8,10H,9H2,1H3,(H,14,16). The van der Waals surface area contributed by atoms with E-state index in [1.165, 1.54) is 0 Å². The summed E-state index contributed by atoms with van der Waals surface area (Å²) in [6, 6.07) is 11.7. The lowest BCUT2D eigenvalue weighted by atomic mass is 10.2. The lowest BCUT2D eigenvalue weighted by Crippen LogP contribution is -2.22. The van der Waals surface area contributed by atoms with Gasteiger partial charge in [0.2, 0.25) is 0 Å². The largest absolute Gasteiger partial charge is 0.356 e. The van der Waals surface area contributed by atoms with E-state index in [0.29, 0.717) is 12.1 Å². The van der Waals surface area contributed by atoms with Crippen molar-refractivity contribution in [2.24, 2.45) is 7.05 Å². The molecule has 0 radical (unpaired) electrons. The van der Waals surface area contributed by atoms with E-state index < -0.39 is 0 Å². The first kappa shape index (κ1) is 10.5. The van der Waals surface area contributed by atoms with Crippen LogP contribution in [0.1, 0.15) is 15.9 Å². The third kappa shape index (κ3) is 2.51. The summed E-state index contributed by atoms with van der Waals surface area (Å²) in [6.07, 6.45) is 3.66. The van der Waals surface area contributed by atoms with Crippen molar-refractivity contribution in [3.63, 3.8) is 0 Å². The van der Waals surface area contributed by atoms with E-state index in [-0.39, 0.29) is 5.91 Å². The fourth-order valence-electron chi connectivity index (χ4n) is 1.52. The zero-order chi connectivity index (χ0) is 11.4. The number of hydrogen-bond donors (Lipinski definition) is 1. The zero-order valence-corrected chi connectivity index (χ0v) is 9.18. The average Bonchev–Trinajstić information content (AvgIpc) is 2.74. The van der Waals surface area contributed by atoms with Crippen LogP contribution >= 0.6 is 0 Å². The summed E-state index contributed by atoms with van der Waals surface area (Å²) in [7, 11) is 1.90. The van der Waals surface area contributed by atoms with E-state index in [4.69, 9.17) is 0 Å². The molecule has 0 saturated heterocycles. The predicted octanol–water partition coefficient (Wildman–Crippen LogP) is 1.96. The molecule has 3 heteroatoms. The van der Waals surface area contributed by atoms with Crippen molar-refractivity contribution >= 4 is 5.91 Å². The maximum Gasteiger partial charge on any atom is 0.253 e. The first-order valence-corrected chi connectivity index (χ1v) is 5.20. The quantitative estimate of drug-likeness (QED) is 0.832. The maximum atomic E-state index is 11.7. The molecule has 0 bridgehead atoms. The van der Waals surface area contributed by atoms with Crippen LogP contribution in [0.25, 0.3) is 0 Å². The molecular formula is C13H14N2O. The molecule has 2 aromatic rings. The topological polar surface area (TPSA) is 34.0 Å². The van der Waals surface area contributed by atoms with Gasteiger partial charge in [-0.3, -0.25) is 4.79 Å². The van der Waals surface area contributed by atoms with Crippen molar-refractivity contribution in [1.29, 1.82) is 0 Å². The number of hydrogen-bond acceptors (Lipinski definition) is 1. The van der Waals surface area contributed by atoms with Crippen molar-refractivity contribution < 1.29 is 4.79 Å². The minimum absolute atomic E-state index is 0.0375. The van der Waals surface area contributed by atoms with Crippen molar-refractivity contribution in [1.82, 2.24) is 9.88 Å².